The van der Waals surface area contributed by atoms with Crippen molar-refractivity contribution >= 4 is 17.7 Å². The summed E-state index contributed by atoms with van der Waals surface area (Å²) >= 11 is 1.58. The molecule has 0 unspecified atom stereocenters. The predicted molar refractivity (Wildman–Crippen MR) is 139 cm³/mol. The maximum atomic E-state index is 14.2. The number of carboxylic acid groups (broad SMARTS) is 1. The average molecular weight is 543 g/mol. The molecule has 1 heterocycles. The van der Waals surface area contributed by atoms with Gasteiger partial charge in [-0.1, -0.05) is 24.3 Å². The van der Waals surface area contributed by atoms with E-state index in [-0.39, 0.29) is 12.2 Å². The number of halogens is 4. The van der Waals surface area contributed by atoms with Gasteiger partial charge in [0.15, 0.2) is 0 Å². The minimum Gasteiger partial charge on any atom is -0.481 e. The number of thioether (sulfide) groups is 1. The van der Waals surface area contributed by atoms with E-state index in [1.165, 1.54) is 18.2 Å². The van der Waals surface area contributed by atoms with Crippen molar-refractivity contribution in [2.75, 3.05) is 0 Å². The van der Waals surface area contributed by atoms with Crippen LogP contribution in [0.4, 0.5) is 17.6 Å². The van der Waals surface area contributed by atoms with E-state index in [1.54, 1.807) is 40.8 Å². The zero-order chi connectivity index (χ0) is 27.3. The van der Waals surface area contributed by atoms with Crippen molar-refractivity contribution in [3.8, 4) is 5.69 Å². The Morgan fingerprint density at radius 2 is 1.68 bits per heavy atom. The lowest BCUT2D eigenvalue weighted by Gasteiger charge is -2.08. The Balaban J connectivity index is 1.55. The highest BCUT2D eigenvalue weighted by Gasteiger charge is 2.30. The van der Waals surface area contributed by atoms with Crippen molar-refractivity contribution in [2.45, 2.75) is 49.4 Å². The van der Waals surface area contributed by atoms with Crippen LogP contribution in [0.2, 0.25) is 0 Å². The fourth-order valence-corrected chi connectivity index (χ4v) is 5.10. The highest BCUT2D eigenvalue weighted by Crippen LogP contribution is 2.31. The number of carbonyl (C=O) groups is 1. The van der Waals surface area contributed by atoms with Gasteiger partial charge in [0.05, 0.1) is 16.9 Å². The number of nitrogens with zero attached hydrogens (tertiary/aromatic N) is 2. The number of aromatic nitrogens is 2. The third kappa shape index (κ3) is 7.04. The maximum absolute atomic E-state index is 14.2. The number of carboxylic acids is 1. The Morgan fingerprint density at radius 1 is 0.947 bits per heavy atom. The molecule has 38 heavy (non-hydrogen) atoms. The van der Waals surface area contributed by atoms with Crippen LogP contribution in [-0.2, 0) is 36.0 Å². The molecule has 1 N–H and O–H groups in total. The van der Waals surface area contributed by atoms with Gasteiger partial charge in [-0.2, -0.15) is 18.3 Å². The van der Waals surface area contributed by atoms with Crippen molar-refractivity contribution in [3.63, 3.8) is 0 Å². The SMILES string of the molecule is Cc1cc(SCc2cn(-c3ccc(C(F)(F)F)cc3)nc2CCc2ccccc2F)ccc1CCC(=O)O. The Labute approximate surface area is 222 Å². The first-order chi connectivity index (χ1) is 18.1. The minimum atomic E-state index is -4.42. The van der Waals surface area contributed by atoms with Gasteiger partial charge in [0, 0.05) is 28.8 Å². The number of alkyl halides is 3. The molecule has 1 aromatic heterocycles. The summed E-state index contributed by atoms with van der Waals surface area (Å²) in [5.74, 6) is -0.568. The molecular weight excluding hydrogens is 516 g/mol. The van der Waals surface area contributed by atoms with Gasteiger partial charge >= 0.3 is 12.1 Å². The molecule has 3 aromatic carbocycles. The average Bonchev–Trinajstić information content (AvgIpc) is 3.29. The first-order valence-electron chi connectivity index (χ1n) is 12.0. The number of aryl methyl sites for hydroxylation is 4. The van der Waals surface area contributed by atoms with Gasteiger partial charge < -0.3 is 5.11 Å². The zero-order valence-corrected chi connectivity index (χ0v) is 21.5. The fourth-order valence-electron chi connectivity index (χ4n) is 4.11. The molecule has 198 valence electrons. The van der Waals surface area contributed by atoms with Gasteiger partial charge in [-0.05, 0) is 85.3 Å². The standard InChI is InChI=1S/C29H26F4N2O2S/c1-19-16-25(13-6-20(19)8-15-28(36)37)38-18-22-17-35(24-11-9-23(10-12-24)29(31,32)33)34-27(22)14-7-21-4-2-3-5-26(21)30/h2-6,9-13,16-17H,7-8,14-15,18H2,1H3,(H,36,37). The van der Waals surface area contributed by atoms with Crippen LogP contribution in [0.25, 0.3) is 5.69 Å². The van der Waals surface area contributed by atoms with Crippen LogP contribution in [0, 0.1) is 12.7 Å². The van der Waals surface area contributed by atoms with E-state index in [2.05, 4.69) is 5.10 Å². The number of rotatable bonds is 10. The Morgan fingerprint density at radius 3 is 2.34 bits per heavy atom. The normalized spacial score (nSPS) is 11.6. The summed E-state index contributed by atoms with van der Waals surface area (Å²) in [5, 5.41) is 13.6. The van der Waals surface area contributed by atoms with E-state index in [1.807, 2.05) is 25.1 Å². The second kappa shape index (κ2) is 11.9. The lowest BCUT2D eigenvalue weighted by molar-refractivity contribution is -0.138. The molecule has 0 aliphatic heterocycles. The lowest BCUT2D eigenvalue weighted by atomic mass is 10.0. The van der Waals surface area contributed by atoms with Gasteiger partial charge in [-0.15, -0.1) is 11.8 Å². The molecule has 0 radical (unpaired) electrons. The van der Waals surface area contributed by atoms with E-state index >= 15 is 0 Å². The summed E-state index contributed by atoms with van der Waals surface area (Å²) in [5.41, 5.74) is 3.98. The number of hydrogen-bond acceptors (Lipinski definition) is 3. The van der Waals surface area contributed by atoms with Crippen LogP contribution in [0.3, 0.4) is 0 Å². The largest absolute Gasteiger partial charge is 0.481 e. The molecule has 0 spiro atoms. The molecule has 0 aliphatic carbocycles. The van der Waals surface area contributed by atoms with Crippen LogP contribution in [0.5, 0.6) is 0 Å². The van der Waals surface area contributed by atoms with E-state index in [0.717, 1.165) is 39.4 Å². The summed E-state index contributed by atoms with van der Waals surface area (Å²) in [7, 11) is 0. The minimum absolute atomic E-state index is 0.0713. The second-order valence-electron chi connectivity index (χ2n) is 8.95. The molecule has 0 atom stereocenters. The van der Waals surface area contributed by atoms with Crippen molar-refractivity contribution in [2.24, 2.45) is 0 Å². The number of aliphatic carboxylic acids is 1. The summed E-state index contributed by atoms with van der Waals surface area (Å²) in [6, 6.07) is 17.3. The molecule has 9 heteroatoms. The quantitative estimate of drug-likeness (QED) is 0.167. The van der Waals surface area contributed by atoms with Crippen LogP contribution < -0.4 is 0 Å². The first kappa shape index (κ1) is 27.4. The fraction of sp³-hybridized carbons (Fsp3) is 0.241. The molecule has 0 amide bonds. The molecule has 0 saturated heterocycles. The Bertz CT molecular complexity index is 1420. The van der Waals surface area contributed by atoms with Crippen molar-refractivity contribution < 1.29 is 27.5 Å². The van der Waals surface area contributed by atoms with Gasteiger partial charge in [0.1, 0.15) is 5.82 Å². The van der Waals surface area contributed by atoms with Crippen molar-refractivity contribution in [3.05, 3.63) is 112 Å². The Kier molecular flexibility index (Phi) is 8.56. The molecule has 4 nitrogen and oxygen atoms in total. The highest BCUT2D eigenvalue weighted by molar-refractivity contribution is 7.98. The predicted octanol–water partition coefficient (Wildman–Crippen LogP) is 7.43. The summed E-state index contributed by atoms with van der Waals surface area (Å²) in [6.07, 6.45) is -1.17. The van der Waals surface area contributed by atoms with Crippen LogP contribution in [0.15, 0.2) is 77.8 Å². The second-order valence-corrected chi connectivity index (χ2v) is 10.0. The zero-order valence-electron chi connectivity index (χ0n) is 20.6. The molecule has 0 fully saturated rings. The van der Waals surface area contributed by atoms with Gasteiger partial charge in [0.2, 0.25) is 0 Å². The summed E-state index contributed by atoms with van der Waals surface area (Å²) in [6.45, 7) is 1.95. The highest BCUT2D eigenvalue weighted by atomic mass is 32.2. The van der Waals surface area contributed by atoms with E-state index in [9.17, 15) is 22.4 Å². The smallest absolute Gasteiger partial charge is 0.416 e. The van der Waals surface area contributed by atoms with Gasteiger partial charge in [0.25, 0.3) is 0 Å². The van der Waals surface area contributed by atoms with E-state index < -0.39 is 17.7 Å². The molecule has 0 saturated carbocycles. The maximum Gasteiger partial charge on any atom is 0.416 e. The van der Waals surface area contributed by atoms with Gasteiger partial charge in [-0.3, -0.25) is 4.79 Å². The summed E-state index contributed by atoms with van der Waals surface area (Å²) in [4.78, 5) is 11.9. The molecular formula is C29H26F4N2O2S. The molecule has 4 rings (SSSR count). The van der Waals surface area contributed by atoms with Gasteiger partial charge in [-0.25, -0.2) is 9.07 Å². The molecule has 0 aliphatic rings. The first-order valence-corrected chi connectivity index (χ1v) is 13.0. The third-order valence-corrected chi connectivity index (χ3v) is 7.28. The third-order valence-electron chi connectivity index (χ3n) is 6.24. The van der Waals surface area contributed by atoms with Crippen LogP contribution in [0.1, 0.15) is 39.9 Å². The van der Waals surface area contributed by atoms with E-state index in [0.29, 0.717) is 36.3 Å². The van der Waals surface area contributed by atoms with Crippen molar-refractivity contribution in [1.29, 1.82) is 0 Å². The van der Waals surface area contributed by atoms with Crippen LogP contribution in [-0.4, -0.2) is 20.9 Å². The van der Waals surface area contributed by atoms with Crippen molar-refractivity contribution in [1.82, 2.24) is 9.78 Å². The topological polar surface area (TPSA) is 55.1 Å². The molecule has 4 aromatic rings. The summed E-state index contributed by atoms with van der Waals surface area (Å²) < 4.78 is 54.7. The number of hydrogen-bond donors (Lipinski definition) is 1. The Hall–Kier alpha value is -3.59. The lowest BCUT2D eigenvalue weighted by Crippen LogP contribution is -2.05. The monoisotopic (exact) mass is 542 g/mol. The number of benzene rings is 3. The van der Waals surface area contributed by atoms with Crippen LogP contribution >= 0.6 is 11.8 Å². The van der Waals surface area contributed by atoms with E-state index in [4.69, 9.17) is 5.11 Å². The molecule has 0 bridgehead atoms.